The van der Waals surface area contributed by atoms with Gasteiger partial charge in [-0.1, -0.05) is 12.8 Å². The van der Waals surface area contributed by atoms with Crippen LogP contribution in [-0.4, -0.2) is 49.7 Å². The number of piperidine rings is 1. The second-order valence-corrected chi connectivity index (χ2v) is 7.84. The fourth-order valence-electron chi connectivity index (χ4n) is 4.59. The van der Waals surface area contributed by atoms with Crippen molar-refractivity contribution in [2.24, 2.45) is 11.8 Å². The van der Waals surface area contributed by atoms with Crippen molar-refractivity contribution >= 4 is 5.91 Å². The van der Waals surface area contributed by atoms with Crippen LogP contribution in [-0.2, 0) is 9.53 Å². The van der Waals surface area contributed by atoms with Gasteiger partial charge in [-0.3, -0.25) is 4.79 Å². The maximum atomic E-state index is 12.0. The number of nitrogens with one attached hydrogen (secondary N) is 1. The summed E-state index contributed by atoms with van der Waals surface area (Å²) < 4.78 is 5.45. The maximum Gasteiger partial charge on any atom is 0.220 e. The number of nitrogens with zero attached hydrogens (tertiary/aromatic N) is 1. The van der Waals surface area contributed by atoms with Crippen molar-refractivity contribution in [3.63, 3.8) is 0 Å². The van der Waals surface area contributed by atoms with Crippen LogP contribution in [0.2, 0.25) is 0 Å². The second-order valence-electron chi connectivity index (χ2n) is 7.84. The van der Waals surface area contributed by atoms with Crippen molar-refractivity contribution in [1.82, 2.24) is 10.2 Å². The number of hydrogen-bond donors (Lipinski definition) is 1. The highest BCUT2D eigenvalue weighted by molar-refractivity contribution is 5.76. The van der Waals surface area contributed by atoms with Crippen LogP contribution >= 0.6 is 0 Å². The Morgan fingerprint density at radius 2 is 1.78 bits per heavy atom. The van der Waals surface area contributed by atoms with Crippen LogP contribution in [0, 0.1) is 11.8 Å². The molecule has 1 atom stereocenters. The Bertz CT molecular complexity index is 354. The number of carbonyl (C=O) groups excluding carboxylic acids is 1. The van der Waals surface area contributed by atoms with Crippen molar-refractivity contribution in [3.8, 4) is 0 Å². The molecule has 0 aromatic heterocycles. The molecule has 1 aliphatic carbocycles. The molecule has 2 saturated heterocycles. The Labute approximate surface area is 141 Å². The minimum Gasteiger partial charge on any atom is -0.381 e. The molecule has 0 spiro atoms. The zero-order valence-electron chi connectivity index (χ0n) is 14.6. The lowest BCUT2D eigenvalue weighted by Gasteiger charge is -2.36. The number of amides is 1. The van der Waals surface area contributed by atoms with Gasteiger partial charge in [-0.05, 0) is 69.9 Å². The second kappa shape index (κ2) is 9.03. The summed E-state index contributed by atoms with van der Waals surface area (Å²) in [4.78, 5) is 14.7. The topological polar surface area (TPSA) is 41.6 Å². The third-order valence-electron chi connectivity index (χ3n) is 6.09. The lowest BCUT2D eigenvalue weighted by atomic mass is 9.92. The van der Waals surface area contributed by atoms with Crippen molar-refractivity contribution in [3.05, 3.63) is 0 Å². The van der Waals surface area contributed by atoms with Crippen molar-refractivity contribution < 1.29 is 9.53 Å². The third kappa shape index (κ3) is 5.46. The van der Waals surface area contributed by atoms with Crippen molar-refractivity contribution in [1.29, 1.82) is 0 Å². The van der Waals surface area contributed by atoms with Crippen molar-refractivity contribution in [2.75, 3.05) is 32.8 Å². The highest BCUT2D eigenvalue weighted by Gasteiger charge is 2.27. The van der Waals surface area contributed by atoms with Crippen molar-refractivity contribution in [2.45, 2.75) is 70.3 Å². The van der Waals surface area contributed by atoms with Gasteiger partial charge < -0.3 is 15.0 Å². The molecule has 0 aromatic carbocycles. The standard InChI is InChI=1S/C19H34N2O2/c22-19(14-17-4-3-13-23-15-17)20-10-7-16-8-11-21(12-9-16)18-5-1-2-6-18/h16-18H,1-15H2,(H,20,22)/t17-/m1/s1. The van der Waals surface area contributed by atoms with Crippen LogP contribution in [0.4, 0.5) is 0 Å². The molecule has 3 aliphatic rings. The van der Waals surface area contributed by atoms with E-state index in [-0.39, 0.29) is 5.91 Å². The van der Waals surface area contributed by atoms with E-state index in [4.69, 9.17) is 4.74 Å². The average molecular weight is 322 g/mol. The molecule has 2 aliphatic heterocycles. The quantitative estimate of drug-likeness (QED) is 0.817. The lowest BCUT2D eigenvalue weighted by molar-refractivity contribution is -0.123. The molecule has 3 fully saturated rings. The number of ether oxygens (including phenoxy) is 1. The summed E-state index contributed by atoms with van der Waals surface area (Å²) >= 11 is 0. The van der Waals surface area contributed by atoms with Gasteiger partial charge >= 0.3 is 0 Å². The Morgan fingerprint density at radius 1 is 1.00 bits per heavy atom. The molecule has 23 heavy (non-hydrogen) atoms. The summed E-state index contributed by atoms with van der Waals surface area (Å²) in [6.45, 7) is 5.07. The molecule has 4 nitrogen and oxygen atoms in total. The zero-order valence-corrected chi connectivity index (χ0v) is 14.6. The molecule has 3 rings (SSSR count). The molecule has 132 valence electrons. The van der Waals surface area contributed by atoms with Gasteiger partial charge in [0.25, 0.3) is 0 Å². The van der Waals surface area contributed by atoms with E-state index in [2.05, 4.69) is 10.2 Å². The fourth-order valence-corrected chi connectivity index (χ4v) is 4.59. The first-order chi connectivity index (χ1) is 11.3. The Hall–Kier alpha value is -0.610. The van der Waals surface area contributed by atoms with Gasteiger partial charge in [-0.2, -0.15) is 0 Å². The Kier molecular flexibility index (Phi) is 6.76. The van der Waals surface area contributed by atoms with Crippen LogP contribution in [0.1, 0.15) is 64.2 Å². The van der Waals surface area contributed by atoms with E-state index in [1.54, 1.807) is 0 Å². The van der Waals surface area contributed by atoms with E-state index in [9.17, 15) is 4.79 Å². The first kappa shape index (κ1) is 17.2. The van der Waals surface area contributed by atoms with Gasteiger partial charge in [-0.15, -0.1) is 0 Å². The zero-order chi connectivity index (χ0) is 15.9. The monoisotopic (exact) mass is 322 g/mol. The van der Waals surface area contributed by atoms with Gasteiger partial charge in [0.05, 0.1) is 0 Å². The fraction of sp³-hybridized carbons (Fsp3) is 0.947. The first-order valence-corrected chi connectivity index (χ1v) is 9.90. The molecule has 0 bridgehead atoms. The Morgan fingerprint density at radius 3 is 2.48 bits per heavy atom. The van der Waals surface area contributed by atoms with Crippen LogP contribution in [0.25, 0.3) is 0 Å². The average Bonchev–Trinajstić information content (AvgIpc) is 3.11. The summed E-state index contributed by atoms with van der Waals surface area (Å²) in [7, 11) is 0. The predicted molar refractivity (Wildman–Crippen MR) is 92.3 cm³/mol. The largest absolute Gasteiger partial charge is 0.381 e. The minimum absolute atomic E-state index is 0.226. The highest BCUT2D eigenvalue weighted by atomic mass is 16.5. The van der Waals surface area contributed by atoms with Crippen LogP contribution in [0.3, 0.4) is 0 Å². The molecule has 4 heteroatoms. The summed E-state index contributed by atoms with van der Waals surface area (Å²) in [6, 6.07) is 0.883. The minimum atomic E-state index is 0.226. The highest BCUT2D eigenvalue weighted by Crippen LogP contribution is 2.28. The summed E-state index contributed by atoms with van der Waals surface area (Å²) in [5, 5.41) is 3.14. The predicted octanol–water partition coefficient (Wildman–Crippen LogP) is 2.96. The SMILES string of the molecule is O=C(C[C@H]1CCCOC1)NCCC1CCN(C2CCCC2)CC1. The summed E-state index contributed by atoms with van der Waals surface area (Å²) in [6.07, 6.45) is 12.4. The third-order valence-corrected chi connectivity index (χ3v) is 6.09. The van der Waals surface area contributed by atoms with E-state index >= 15 is 0 Å². The van der Waals surface area contributed by atoms with Crippen LogP contribution in [0.15, 0.2) is 0 Å². The van der Waals surface area contributed by atoms with E-state index in [0.29, 0.717) is 12.3 Å². The number of hydrogen-bond acceptors (Lipinski definition) is 3. The number of carbonyl (C=O) groups is 1. The molecule has 1 amide bonds. The van der Waals surface area contributed by atoms with Crippen LogP contribution < -0.4 is 5.32 Å². The van der Waals surface area contributed by atoms with E-state index < -0.39 is 0 Å². The van der Waals surface area contributed by atoms with Gasteiger partial charge in [0.1, 0.15) is 0 Å². The molecule has 0 aromatic rings. The van der Waals surface area contributed by atoms with E-state index in [1.807, 2.05) is 0 Å². The van der Waals surface area contributed by atoms with Gasteiger partial charge in [0, 0.05) is 32.2 Å². The van der Waals surface area contributed by atoms with Gasteiger partial charge in [0.15, 0.2) is 0 Å². The molecule has 0 radical (unpaired) electrons. The van der Waals surface area contributed by atoms with Crippen LogP contribution in [0.5, 0.6) is 0 Å². The summed E-state index contributed by atoms with van der Waals surface area (Å²) in [5.74, 6) is 1.48. The van der Waals surface area contributed by atoms with E-state index in [0.717, 1.165) is 51.0 Å². The molecular formula is C19H34N2O2. The molecule has 0 unspecified atom stereocenters. The molecule has 1 N–H and O–H groups in total. The normalized spacial score (nSPS) is 28.1. The number of likely N-dealkylation sites (tertiary alicyclic amines) is 1. The lowest BCUT2D eigenvalue weighted by Crippen LogP contribution is -2.40. The summed E-state index contributed by atoms with van der Waals surface area (Å²) in [5.41, 5.74) is 0. The van der Waals surface area contributed by atoms with E-state index in [1.165, 1.54) is 51.6 Å². The van der Waals surface area contributed by atoms with Gasteiger partial charge in [-0.25, -0.2) is 0 Å². The Balaban J connectivity index is 1.25. The maximum absolute atomic E-state index is 12.0. The van der Waals surface area contributed by atoms with Gasteiger partial charge in [0.2, 0.25) is 5.91 Å². The molecule has 2 heterocycles. The molecule has 1 saturated carbocycles. The molecular weight excluding hydrogens is 288 g/mol. The number of rotatable bonds is 6. The smallest absolute Gasteiger partial charge is 0.220 e. The first-order valence-electron chi connectivity index (χ1n) is 9.90.